The Morgan fingerprint density at radius 3 is 2.66 bits per heavy atom. The number of nitrogens with zero attached hydrogens (tertiary/aromatic N) is 3. The summed E-state index contributed by atoms with van der Waals surface area (Å²) >= 11 is 0. The van der Waals surface area contributed by atoms with Crippen molar-refractivity contribution in [1.82, 2.24) is 20.0 Å². The number of carbonyl (C=O) groups excluding carboxylic acids is 2. The summed E-state index contributed by atoms with van der Waals surface area (Å²) in [7, 11) is 1.42. The van der Waals surface area contributed by atoms with Gasteiger partial charge >= 0.3 is 6.18 Å². The summed E-state index contributed by atoms with van der Waals surface area (Å²) in [5, 5.41) is 6.99. The largest absolute Gasteiger partial charge is 0.416 e. The number of benzene rings is 1. The van der Waals surface area contributed by atoms with Crippen LogP contribution in [0.15, 0.2) is 41.2 Å². The molecule has 2 aliphatic rings. The van der Waals surface area contributed by atoms with Gasteiger partial charge in [0.1, 0.15) is 5.69 Å². The molecule has 1 aromatic heterocycles. The molecule has 0 unspecified atom stereocenters. The van der Waals surface area contributed by atoms with Crippen molar-refractivity contribution in [3.63, 3.8) is 0 Å². The van der Waals surface area contributed by atoms with E-state index in [-0.39, 0.29) is 29.2 Å². The molecule has 0 radical (unpaired) electrons. The Balaban J connectivity index is 1.77. The average Bonchev–Trinajstić information content (AvgIpc) is 3.07. The molecule has 3 heterocycles. The van der Waals surface area contributed by atoms with Crippen molar-refractivity contribution >= 4 is 11.8 Å². The lowest BCUT2D eigenvalue weighted by atomic mass is 9.97. The van der Waals surface area contributed by atoms with E-state index in [2.05, 4.69) is 10.4 Å². The number of aryl methyl sites for hydroxylation is 1. The first-order valence-corrected chi connectivity index (χ1v) is 10.5. The molecule has 4 rings (SSSR count). The summed E-state index contributed by atoms with van der Waals surface area (Å²) in [5.41, 5.74) is -0.804. The lowest BCUT2D eigenvalue weighted by Gasteiger charge is -2.33. The molecular formula is C22H23F3N4O3. The third-order valence-electron chi connectivity index (χ3n) is 6.15. The van der Waals surface area contributed by atoms with E-state index in [4.69, 9.17) is 0 Å². The fourth-order valence-corrected chi connectivity index (χ4v) is 4.61. The van der Waals surface area contributed by atoms with E-state index in [9.17, 15) is 27.6 Å². The van der Waals surface area contributed by atoms with Crippen molar-refractivity contribution in [2.45, 2.75) is 56.4 Å². The summed E-state index contributed by atoms with van der Waals surface area (Å²) in [4.78, 5) is 39.0. The Bertz CT molecular complexity index is 1100. The summed E-state index contributed by atoms with van der Waals surface area (Å²) in [6.07, 6.45) is -1.84. The Hall–Kier alpha value is -3.17. The predicted molar refractivity (Wildman–Crippen MR) is 109 cm³/mol. The number of amides is 2. The van der Waals surface area contributed by atoms with Gasteiger partial charge in [-0.3, -0.25) is 14.4 Å². The minimum atomic E-state index is -4.52. The molecule has 0 bridgehead atoms. The van der Waals surface area contributed by atoms with Crippen molar-refractivity contribution in [3.05, 3.63) is 63.6 Å². The van der Waals surface area contributed by atoms with Crippen LogP contribution in [-0.4, -0.2) is 38.6 Å². The highest BCUT2D eigenvalue weighted by Gasteiger charge is 2.46. The van der Waals surface area contributed by atoms with Crippen LogP contribution in [-0.2, 0) is 18.0 Å². The highest BCUT2D eigenvalue weighted by molar-refractivity contribution is 5.93. The second-order valence-corrected chi connectivity index (χ2v) is 8.25. The topological polar surface area (TPSA) is 84.3 Å². The third kappa shape index (κ3) is 4.26. The van der Waals surface area contributed by atoms with Crippen LogP contribution in [0.5, 0.6) is 0 Å². The number of likely N-dealkylation sites (tertiary alicyclic amines) is 1. The number of hydrogen-bond donors (Lipinski definition) is 1. The van der Waals surface area contributed by atoms with E-state index in [1.807, 2.05) is 0 Å². The quantitative estimate of drug-likeness (QED) is 0.766. The van der Waals surface area contributed by atoms with E-state index >= 15 is 0 Å². The number of nitrogens with one attached hydrogen (secondary N) is 1. The van der Waals surface area contributed by atoms with Crippen LogP contribution < -0.4 is 10.9 Å². The maximum atomic E-state index is 13.5. The van der Waals surface area contributed by atoms with Crippen molar-refractivity contribution in [2.24, 2.45) is 7.05 Å². The fraction of sp³-hybridized carbons (Fsp3) is 0.455. The van der Waals surface area contributed by atoms with Gasteiger partial charge in [-0.1, -0.05) is 18.6 Å². The molecule has 1 N–H and O–H groups in total. The van der Waals surface area contributed by atoms with Crippen LogP contribution in [0.25, 0.3) is 0 Å². The number of carbonyl (C=O) groups is 2. The molecule has 2 fully saturated rings. The molecule has 0 aliphatic carbocycles. The summed E-state index contributed by atoms with van der Waals surface area (Å²) in [6.45, 7) is 0. The van der Waals surface area contributed by atoms with Gasteiger partial charge in [-0.2, -0.15) is 18.3 Å². The second kappa shape index (κ2) is 8.40. The van der Waals surface area contributed by atoms with Gasteiger partial charge in [0.05, 0.1) is 23.7 Å². The Kier molecular flexibility index (Phi) is 5.79. The summed E-state index contributed by atoms with van der Waals surface area (Å²) in [6, 6.07) is 6.06. The Morgan fingerprint density at radius 1 is 1.16 bits per heavy atom. The third-order valence-corrected chi connectivity index (χ3v) is 6.15. The fourth-order valence-electron chi connectivity index (χ4n) is 4.61. The van der Waals surface area contributed by atoms with Gasteiger partial charge in [0.2, 0.25) is 5.91 Å². The van der Waals surface area contributed by atoms with Crippen LogP contribution in [0.1, 0.15) is 59.8 Å². The summed E-state index contributed by atoms with van der Waals surface area (Å²) < 4.78 is 41.0. The number of rotatable bonds is 2. The number of aromatic nitrogens is 2. The van der Waals surface area contributed by atoms with Crippen LogP contribution >= 0.6 is 0 Å². The standard InChI is InChI=1S/C22H23F3N4O3/c1-28-20(31)10-9-15(27-28)21(32)29-17-7-2-3-8-19(30)26-16(17)12-18(29)13-5-4-6-14(11-13)22(23,24)25/h4-6,9-11,16-18H,2-3,7-8,12H2,1H3,(H,26,30)/t16-,17+,18+/m1/s1. The van der Waals surface area contributed by atoms with Gasteiger partial charge in [-0.15, -0.1) is 0 Å². The predicted octanol–water partition coefficient (Wildman–Crippen LogP) is 2.81. The van der Waals surface area contributed by atoms with E-state index in [0.29, 0.717) is 37.7 Å². The maximum absolute atomic E-state index is 13.5. The second-order valence-electron chi connectivity index (χ2n) is 8.25. The van der Waals surface area contributed by atoms with Crippen molar-refractivity contribution in [1.29, 1.82) is 0 Å². The highest BCUT2D eigenvalue weighted by Crippen LogP contribution is 2.41. The van der Waals surface area contributed by atoms with Crippen LogP contribution in [0, 0.1) is 0 Å². The molecule has 10 heteroatoms. The molecular weight excluding hydrogens is 425 g/mol. The molecule has 170 valence electrons. The normalized spacial score (nSPS) is 23.8. The lowest BCUT2D eigenvalue weighted by Crippen LogP contribution is -2.48. The maximum Gasteiger partial charge on any atom is 0.416 e. The average molecular weight is 448 g/mol. The molecule has 2 saturated heterocycles. The minimum Gasteiger partial charge on any atom is -0.351 e. The number of fused-ring (bicyclic) bond motifs is 1. The van der Waals surface area contributed by atoms with Gasteiger partial charge in [-0.05, 0) is 43.0 Å². The molecule has 2 aliphatic heterocycles. The molecule has 1 aromatic carbocycles. The molecule has 3 atom stereocenters. The first-order chi connectivity index (χ1) is 15.1. The van der Waals surface area contributed by atoms with E-state index < -0.39 is 23.7 Å². The van der Waals surface area contributed by atoms with Crippen molar-refractivity contribution in [2.75, 3.05) is 0 Å². The zero-order chi connectivity index (χ0) is 23.0. The molecule has 2 aromatic rings. The highest BCUT2D eigenvalue weighted by atomic mass is 19.4. The molecule has 2 amide bonds. The van der Waals surface area contributed by atoms with Gasteiger partial charge < -0.3 is 10.2 Å². The SMILES string of the molecule is Cn1nc(C(=O)N2[C@H](c3cccc(C(F)(F)F)c3)C[C@H]3NC(=O)CCCC[C@@H]32)ccc1=O. The Morgan fingerprint density at radius 2 is 1.94 bits per heavy atom. The number of hydrogen-bond acceptors (Lipinski definition) is 4. The Labute approximate surface area is 182 Å². The first-order valence-electron chi connectivity index (χ1n) is 10.5. The molecule has 0 spiro atoms. The smallest absolute Gasteiger partial charge is 0.351 e. The molecule has 32 heavy (non-hydrogen) atoms. The lowest BCUT2D eigenvalue weighted by molar-refractivity contribution is -0.137. The monoisotopic (exact) mass is 448 g/mol. The zero-order valence-corrected chi connectivity index (χ0v) is 17.4. The zero-order valence-electron chi connectivity index (χ0n) is 17.4. The number of alkyl halides is 3. The molecule has 0 saturated carbocycles. The number of halogens is 3. The van der Waals surface area contributed by atoms with Crippen molar-refractivity contribution < 1.29 is 22.8 Å². The van der Waals surface area contributed by atoms with E-state index in [1.165, 1.54) is 25.2 Å². The van der Waals surface area contributed by atoms with Crippen LogP contribution in [0.2, 0.25) is 0 Å². The van der Waals surface area contributed by atoms with Crippen LogP contribution in [0.4, 0.5) is 13.2 Å². The van der Waals surface area contributed by atoms with E-state index in [1.54, 1.807) is 11.0 Å². The molecule has 7 nitrogen and oxygen atoms in total. The van der Waals surface area contributed by atoms with Gasteiger partial charge in [0.25, 0.3) is 11.5 Å². The van der Waals surface area contributed by atoms with Gasteiger partial charge in [0.15, 0.2) is 0 Å². The minimum absolute atomic E-state index is 0.0260. The van der Waals surface area contributed by atoms with Gasteiger partial charge in [-0.25, -0.2) is 4.68 Å². The van der Waals surface area contributed by atoms with Crippen LogP contribution in [0.3, 0.4) is 0 Å². The van der Waals surface area contributed by atoms with Gasteiger partial charge in [0, 0.05) is 19.5 Å². The van der Waals surface area contributed by atoms with E-state index in [0.717, 1.165) is 16.8 Å². The summed E-state index contributed by atoms with van der Waals surface area (Å²) in [5.74, 6) is -0.609. The van der Waals surface area contributed by atoms with Crippen molar-refractivity contribution in [3.8, 4) is 0 Å². The first kappa shape index (κ1) is 22.0.